The van der Waals surface area contributed by atoms with E-state index in [9.17, 15) is 19.2 Å². The number of hydrogen-bond acceptors (Lipinski definition) is 7. The maximum atomic E-state index is 13.5. The number of carbonyl (C=O) groups excluding carboxylic acids is 4. The molecule has 0 saturated heterocycles. The molecule has 3 N–H and O–H groups in total. The van der Waals surface area contributed by atoms with Crippen molar-refractivity contribution in [2.75, 3.05) is 13.2 Å². The number of nitrogens with two attached hydrogens (primary N) is 1. The van der Waals surface area contributed by atoms with E-state index in [-0.39, 0.29) is 48.4 Å². The fraction of sp³-hybridized carbons (Fsp3) is 0.471. The van der Waals surface area contributed by atoms with Gasteiger partial charge >= 0.3 is 5.97 Å². The molecule has 7 nitrogen and oxygen atoms in total. The van der Waals surface area contributed by atoms with Gasteiger partial charge in [-0.1, -0.05) is 76.2 Å². The molecule has 2 aliphatic carbocycles. The second-order valence-corrected chi connectivity index (χ2v) is 12.5. The lowest BCUT2D eigenvalue weighted by Crippen LogP contribution is -2.43. The Labute approximate surface area is 242 Å². The lowest BCUT2D eigenvalue weighted by atomic mass is 9.73. The van der Waals surface area contributed by atoms with E-state index >= 15 is 0 Å². The van der Waals surface area contributed by atoms with Crippen molar-refractivity contribution in [3.63, 3.8) is 0 Å². The van der Waals surface area contributed by atoms with Gasteiger partial charge in [0.1, 0.15) is 6.61 Å². The molecular formula is C34H42N2O5. The van der Waals surface area contributed by atoms with E-state index < -0.39 is 23.2 Å². The molecular weight excluding hydrogens is 516 g/mol. The average Bonchev–Trinajstić information content (AvgIpc) is 3.23. The second-order valence-electron chi connectivity index (χ2n) is 12.5. The summed E-state index contributed by atoms with van der Waals surface area (Å²) in [4.78, 5) is 53.0. The first kappa shape index (κ1) is 30.4. The second kappa shape index (κ2) is 12.9. The SMILES string of the molecule is CC(C)CC(N[C@@H](CCCCN)C(=O)C(=O)OCC1c2ccccc2-c2ccccc21)=C1C(=O)CC(C)(C)CC1=O. The molecule has 0 radical (unpaired) electrons. The van der Waals surface area contributed by atoms with Gasteiger partial charge in [0, 0.05) is 24.5 Å². The van der Waals surface area contributed by atoms with Gasteiger partial charge in [0.25, 0.3) is 5.78 Å². The van der Waals surface area contributed by atoms with Gasteiger partial charge in [0.2, 0.25) is 0 Å². The summed E-state index contributed by atoms with van der Waals surface area (Å²) in [6.45, 7) is 8.29. The topological polar surface area (TPSA) is 116 Å². The van der Waals surface area contributed by atoms with Crippen LogP contribution >= 0.6 is 0 Å². The lowest BCUT2D eigenvalue weighted by Gasteiger charge is -2.31. The summed E-state index contributed by atoms with van der Waals surface area (Å²) >= 11 is 0. The molecule has 2 aromatic carbocycles. The zero-order valence-corrected chi connectivity index (χ0v) is 24.6. The first-order chi connectivity index (χ1) is 19.5. The van der Waals surface area contributed by atoms with Gasteiger partial charge in [-0.3, -0.25) is 14.4 Å². The minimum Gasteiger partial charge on any atom is -0.459 e. The molecule has 0 unspecified atom stereocenters. The highest BCUT2D eigenvalue weighted by atomic mass is 16.5. The van der Waals surface area contributed by atoms with Crippen molar-refractivity contribution in [1.82, 2.24) is 5.32 Å². The quantitative estimate of drug-likeness (QED) is 0.120. The van der Waals surface area contributed by atoms with E-state index in [2.05, 4.69) is 17.4 Å². The van der Waals surface area contributed by atoms with Crippen LogP contribution in [0.15, 0.2) is 59.8 Å². The molecule has 0 heterocycles. The largest absolute Gasteiger partial charge is 0.459 e. The van der Waals surface area contributed by atoms with Gasteiger partial charge in [-0.05, 0) is 65.8 Å². The zero-order chi connectivity index (χ0) is 29.7. The van der Waals surface area contributed by atoms with Crippen LogP contribution in [-0.4, -0.2) is 42.5 Å². The number of rotatable bonds is 12. The minimum atomic E-state index is -0.923. The summed E-state index contributed by atoms with van der Waals surface area (Å²) in [6.07, 6.45) is 2.56. The summed E-state index contributed by atoms with van der Waals surface area (Å²) in [5.74, 6) is -2.11. The highest BCUT2D eigenvalue weighted by molar-refractivity contribution is 6.35. The molecule has 41 heavy (non-hydrogen) atoms. The Morgan fingerprint density at radius 3 is 2.05 bits per heavy atom. The molecule has 7 heteroatoms. The monoisotopic (exact) mass is 558 g/mol. The molecule has 4 rings (SSSR count). The van der Waals surface area contributed by atoms with E-state index in [1.54, 1.807) is 0 Å². The number of nitrogens with one attached hydrogen (secondary N) is 1. The number of ether oxygens (including phenoxy) is 1. The number of Topliss-reactive ketones (excluding diaryl/α,β-unsaturated/α-hetero) is 3. The molecule has 0 amide bonds. The van der Waals surface area contributed by atoms with Crippen molar-refractivity contribution in [2.24, 2.45) is 17.1 Å². The Morgan fingerprint density at radius 2 is 1.51 bits per heavy atom. The van der Waals surface area contributed by atoms with Crippen molar-refractivity contribution < 1.29 is 23.9 Å². The maximum Gasteiger partial charge on any atom is 0.376 e. The molecule has 0 aromatic heterocycles. The molecule has 2 aromatic rings. The summed E-state index contributed by atoms with van der Waals surface area (Å²) in [6, 6.07) is 15.1. The fourth-order valence-electron chi connectivity index (χ4n) is 6.03. The third-order valence-electron chi connectivity index (χ3n) is 7.91. The highest BCUT2D eigenvalue weighted by Gasteiger charge is 2.39. The van der Waals surface area contributed by atoms with Gasteiger partial charge in [-0.15, -0.1) is 0 Å². The van der Waals surface area contributed by atoms with Crippen LogP contribution in [0.5, 0.6) is 0 Å². The number of ketones is 3. The molecule has 2 aliphatic rings. The molecule has 1 fully saturated rings. The Bertz CT molecular complexity index is 1290. The molecule has 1 saturated carbocycles. The standard InChI is InChI=1S/C34H42N2O5/c1-21(2)17-28(31-29(37)18-34(3,4)19-30(31)38)36-27(15-9-10-16-35)32(39)33(40)41-20-26-24-13-7-5-11-22(24)23-12-6-8-14-25(23)26/h5-8,11-14,21,26-27,36H,9-10,15-20,35H2,1-4H3/t27-/m0/s1. The number of carbonyl (C=O) groups is 4. The Hall–Kier alpha value is -3.58. The van der Waals surface area contributed by atoms with Crippen LogP contribution in [0.2, 0.25) is 0 Å². The van der Waals surface area contributed by atoms with Crippen LogP contribution in [-0.2, 0) is 23.9 Å². The average molecular weight is 559 g/mol. The van der Waals surface area contributed by atoms with Crippen molar-refractivity contribution in [3.8, 4) is 11.1 Å². The van der Waals surface area contributed by atoms with E-state index in [1.807, 2.05) is 64.1 Å². The summed E-state index contributed by atoms with van der Waals surface area (Å²) < 4.78 is 5.66. The van der Waals surface area contributed by atoms with Gasteiger partial charge in [0.15, 0.2) is 11.6 Å². The van der Waals surface area contributed by atoms with Crippen molar-refractivity contribution in [2.45, 2.75) is 78.2 Å². The van der Waals surface area contributed by atoms with Crippen molar-refractivity contribution in [1.29, 1.82) is 0 Å². The molecule has 218 valence electrons. The smallest absolute Gasteiger partial charge is 0.376 e. The summed E-state index contributed by atoms with van der Waals surface area (Å²) in [5.41, 5.74) is 10.2. The van der Waals surface area contributed by atoms with Gasteiger partial charge in [-0.2, -0.15) is 0 Å². The van der Waals surface area contributed by atoms with Crippen LogP contribution in [0.25, 0.3) is 11.1 Å². The van der Waals surface area contributed by atoms with E-state index in [4.69, 9.17) is 10.5 Å². The van der Waals surface area contributed by atoms with E-state index in [1.165, 1.54) is 0 Å². The number of fused-ring (bicyclic) bond motifs is 3. The number of benzene rings is 2. The summed E-state index contributed by atoms with van der Waals surface area (Å²) in [5, 5.41) is 3.19. The molecule has 0 spiro atoms. The van der Waals surface area contributed by atoms with Crippen molar-refractivity contribution >= 4 is 23.3 Å². The minimum absolute atomic E-state index is 0.0418. The number of hydrogen-bond donors (Lipinski definition) is 2. The predicted molar refractivity (Wildman–Crippen MR) is 159 cm³/mol. The molecule has 0 bridgehead atoms. The lowest BCUT2D eigenvalue weighted by molar-refractivity contribution is -0.155. The van der Waals surface area contributed by atoms with Crippen LogP contribution < -0.4 is 11.1 Å². The number of esters is 1. The fourth-order valence-corrected chi connectivity index (χ4v) is 6.03. The van der Waals surface area contributed by atoms with E-state index in [0.717, 1.165) is 22.3 Å². The first-order valence-corrected chi connectivity index (χ1v) is 14.7. The normalized spacial score (nSPS) is 16.8. The third kappa shape index (κ3) is 7.02. The highest BCUT2D eigenvalue weighted by Crippen LogP contribution is 2.44. The van der Waals surface area contributed by atoms with Gasteiger partial charge in [0.05, 0.1) is 11.6 Å². The van der Waals surface area contributed by atoms with Crippen LogP contribution in [0.4, 0.5) is 0 Å². The Balaban J connectivity index is 1.55. The van der Waals surface area contributed by atoms with Gasteiger partial charge < -0.3 is 15.8 Å². The van der Waals surface area contributed by atoms with E-state index in [0.29, 0.717) is 37.9 Å². The molecule has 1 atom stereocenters. The van der Waals surface area contributed by atoms with Gasteiger partial charge in [-0.25, -0.2) is 4.79 Å². The molecule has 0 aliphatic heterocycles. The Morgan fingerprint density at radius 1 is 0.951 bits per heavy atom. The summed E-state index contributed by atoms with van der Waals surface area (Å²) in [7, 11) is 0. The number of allylic oxidation sites excluding steroid dienone is 2. The van der Waals surface area contributed by atoms with Crippen LogP contribution in [0.3, 0.4) is 0 Å². The Kier molecular flexibility index (Phi) is 9.59. The third-order valence-corrected chi connectivity index (χ3v) is 7.91. The van der Waals surface area contributed by atoms with Crippen LogP contribution in [0, 0.1) is 11.3 Å². The first-order valence-electron chi connectivity index (χ1n) is 14.7. The zero-order valence-electron chi connectivity index (χ0n) is 24.6. The van der Waals surface area contributed by atoms with Crippen LogP contribution in [0.1, 0.15) is 83.3 Å². The maximum absolute atomic E-state index is 13.5. The predicted octanol–water partition coefficient (Wildman–Crippen LogP) is 5.26. The van der Waals surface area contributed by atoms with Crippen molar-refractivity contribution in [3.05, 3.63) is 70.9 Å². The number of unbranched alkanes of at least 4 members (excludes halogenated alkanes) is 1.